The largest absolute Gasteiger partial charge is 0.481 e. The van der Waals surface area contributed by atoms with Crippen LogP contribution in [-0.2, 0) is 19.1 Å². The number of carbonyl (C=O) groups is 3. The van der Waals surface area contributed by atoms with Crippen molar-refractivity contribution in [1.82, 2.24) is 10.6 Å². The molecule has 3 unspecified atom stereocenters. The first-order chi connectivity index (χ1) is 16.5. The second kappa shape index (κ2) is 10.7. The molecule has 8 nitrogen and oxygen atoms in total. The first kappa shape index (κ1) is 23.8. The molecule has 0 spiro atoms. The Balaban J connectivity index is 1.26. The Morgan fingerprint density at radius 3 is 2.29 bits per heavy atom. The number of hydrogen-bond donors (Lipinski definition) is 3. The molecule has 4 rings (SSSR count). The maximum Gasteiger partial charge on any atom is 0.407 e. The zero-order valence-electron chi connectivity index (χ0n) is 19.2. The summed E-state index contributed by atoms with van der Waals surface area (Å²) >= 11 is 0. The Bertz CT molecular complexity index is 1010. The molecule has 1 fully saturated rings. The van der Waals surface area contributed by atoms with Gasteiger partial charge in [-0.15, -0.1) is 0 Å². The number of carboxylic acids is 1. The van der Waals surface area contributed by atoms with Gasteiger partial charge in [0.2, 0.25) is 0 Å². The molecule has 8 heteroatoms. The minimum absolute atomic E-state index is 0.0235. The van der Waals surface area contributed by atoms with Gasteiger partial charge in [0.05, 0.1) is 6.54 Å². The number of carboxylic acid groups (broad SMARTS) is 1. The summed E-state index contributed by atoms with van der Waals surface area (Å²) in [5.74, 6) is -1.12. The van der Waals surface area contributed by atoms with Gasteiger partial charge in [0.15, 0.2) is 6.10 Å². The molecule has 180 valence electrons. The van der Waals surface area contributed by atoms with Crippen LogP contribution in [0.2, 0.25) is 0 Å². The maximum absolute atomic E-state index is 12.6. The fourth-order valence-electron chi connectivity index (χ4n) is 5.04. The molecule has 0 radical (unpaired) electrons. The van der Waals surface area contributed by atoms with Gasteiger partial charge in [-0.25, -0.2) is 4.79 Å². The van der Waals surface area contributed by atoms with Gasteiger partial charge in [0.1, 0.15) is 6.61 Å². The summed E-state index contributed by atoms with van der Waals surface area (Å²) in [5.41, 5.74) is 4.56. The zero-order chi connectivity index (χ0) is 24.1. The summed E-state index contributed by atoms with van der Waals surface area (Å²) in [5, 5.41) is 14.5. The highest BCUT2D eigenvalue weighted by atomic mass is 16.5. The van der Waals surface area contributed by atoms with Gasteiger partial charge >= 0.3 is 12.1 Å². The summed E-state index contributed by atoms with van der Waals surface area (Å²) in [6.07, 6.45) is 0.781. The van der Waals surface area contributed by atoms with E-state index >= 15 is 0 Å². The number of nitrogens with one attached hydrogen (secondary N) is 2. The van der Waals surface area contributed by atoms with Crippen molar-refractivity contribution < 1.29 is 29.0 Å². The molecule has 1 saturated carbocycles. The topological polar surface area (TPSA) is 114 Å². The Labute approximate surface area is 198 Å². The van der Waals surface area contributed by atoms with Gasteiger partial charge in [-0.1, -0.05) is 48.5 Å². The Hall–Kier alpha value is -3.39. The van der Waals surface area contributed by atoms with Gasteiger partial charge in [-0.2, -0.15) is 0 Å². The first-order valence-electron chi connectivity index (χ1n) is 11.6. The maximum atomic E-state index is 12.6. The normalized spacial score (nSPS) is 19.7. The lowest BCUT2D eigenvalue weighted by Crippen LogP contribution is -2.46. The average Bonchev–Trinajstić information content (AvgIpc) is 3.39. The molecule has 0 saturated heterocycles. The fraction of sp³-hybridized carbons (Fsp3) is 0.423. The van der Waals surface area contributed by atoms with Crippen LogP contribution in [-0.4, -0.2) is 55.5 Å². The van der Waals surface area contributed by atoms with Crippen molar-refractivity contribution in [3.05, 3.63) is 59.7 Å². The van der Waals surface area contributed by atoms with Crippen LogP contribution < -0.4 is 10.6 Å². The smallest absolute Gasteiger partial charge is 0.407 e. The lowest BCUT2D eigenvalue weighted by molar-refractivity contribution is -0.138. The molecule has 3 N–H and O–H groups in total. The molecule has 2 aliphatic rings. The van der Waals surface area contributed by atoms with Crippen LogP contribution in [0.25, 0.3) is 11.1 Å². The number of fused-ring (bicyclic) bond motifs is 3. The van der Waals surface area contributed by atoms with E-state index in [0.717, 1.165) is 35.1 Å². The minimum atomic E-state index is -0.862. The van der Waals surface area contributed by atoms with Crippen molar-refractivity contribution >= 4 is 18.0 Å². The van der Waals surface area contributed by atoms with Crippen LogP contribution >= 0.6 is 0 Å². The van der Waals surface area contributed by atoms with E-state index in [-0.39, 0.29) is 43.4 Å². The highest BCUT2D eigenvalue weighted by molar-refractivity contribution is 5.82. The number of amides is 2. The number of benzene rings is 2. The van der Waals surface area contributed by atoms with Gasteiger partial charge in [-0.05, 0) is 47.4 Å². The van der Waals surface area contributed by atoms with Crippen LogP contribution in [0.4, 0.5) is 4.79 Å². The molecular formula is C26H30N2O6. The number of carbonyl (C=O) groups excluding carboxylic acids is 2. The summed E-state index contributed by atoms with van der Waals surface area (Å²) in [6.45, 7) is 0.168. The fourth-order valence-corrected chi connectivity index (χ4v) is 5.04. The van der Waals surface area contributed by atoms with Crippen LogP contribution in [0, 0.1) is 5.92 Å². The van der Waals surface area contributed by atoms with Gasteiger partial charge in [0.25, 0.3) is 5.91 Å². The second-order valence-corrected chi connectivity index (χ2v) is 8.91. The summed E-state index contributed by atoms with van der Waals surface area (Å²) in [6, 6.07) is 16.1. The molecule has 2 aromatic carbocycles. The van der Waals surface area contributed by atoms with E-state index in [1.807, 2.05) is 24.3 Å². The van der Waals surface area contributed by atoms with Crippen molar-refractivity contribution in [2.24, 2.45) is 5.92 Å². The quantitative estimate of drug-likeness (QED) is 0.523. The third-order valence-corrected chi connectivity index (χ3v) is 6.70. The minimum Gasteiger partial charge on any atom is -0.481 e. The van der Waals surface area contributed by atoms with E-state index in [4.69, 9.17) is 14.6 Å². The van der Waals surface area contributed by atoms with Crippen LogP contribution in [0.1, 0.15) is 42.7 Å². The van der Waals surface area contributed by atoms with E-state index in [1.165, 1.54) is 7.11 Å². The molecule has 2 amide bonds. The predicted octanol–water partition coefficient (Wildman–Crippen LogP) is 3.30. The van der Waals surface area contributed by atoms with Gasteiger partial charge in [0, 0.05) is 25.5 Å². The number of rotatable bonds is 9. The molecule has 0 aliphatic heterocycles. The van der Waals surface area contributed by atoms with E-state index in [2.05, 4.69) is 34.9 Å². The summed E-state index contributed by atoms with van der Waals surface area (Å²) in [4.78, 5) is 35.8. The Kier molecular flexibility index (Phi) is 7.47. The van der Waals surface area contributed by atoms with Crippen molar-refractivity contribution in [3.8, 4) is 11.1 Å². The lowest BCUT2D eigenvalue weighted by Gasteiger charge is -2.20. The van der Waals surface area contributed by atoms with Gasteiger partial charge < -0.3 is 25.2 Å². The zero-order valence-corrected chi connectivity index (χ0v) is 19.2. The van der Waals surface area contributed by atoms with Crippen LogP contribution in [0.3, 0.4) is 0 Å². The van der Waals surface area contributed by atoms with Crippen molar-refractivity contribution in [2.75, 3.05) is 20.3 Å². The SMILES string of the molecule is COC(CNC(=O)OCC1c2ccccc2-c2ccccc21)C(=O)NC1CCC(CC(=O)O)C1. The second-order valence-electron chi connectivity index (χ2n) is 8.91. The van der Waals surface area contributed by atoms with Crippen LogP contribution in [0.5, 0.6) is 0 Å². The lowest BCUT2D eigenvalue weighted by atomic mass is 9.98. The first-order valence-corrected chi connectivity index (χ1v) is 11.6. The Morgan fingerprint density at radius 2 is 1.68 bits per heavy atom. The van der Waals surface area contributed by atoms with Crippen molar-refractivity contribution in [1.29, 1.82) is 0 Å². The molecule has 2 aromatic rings. The van der Waals surface area contributed by atoms with Crippen molar-refractivity contribution in [3.63, 3.8) is 0 Å². The summed E-state index contributed by atoms with van der Waals surface area (Å²) < 4.78 is 10.8. The van der Waals surface area contributed by atoms with E-state index in [1.54, 1.807) is 0 Å². The monoisotopic (exact) mass is 466 g/mol. The third kappa shape index (κ3) is 5.39. The number of alkyl carbamates (subject to hydrolysis) is 1. The van der Waals surface area contributed by atoms with Crippen molar-refractivity contribution in [2.45, 2.75) is 43.7 Å². The highest BCUT2D eigenvalue weighted by Crippen LogP contribution is 2.44. The number of ether oxygens (including phenoxy) is 2. The summed E-state index contributed by atoms with van der Waals surface area (Å²) in [7, 11) is 1.41. The van der Waals surface area contributed by atoms with E-state index in [9.17, 15) is 14.4 Å². The molecular weight excluding hydrogens is 436 g/mol. The third-order valence-electron chi connectivity index (χ3n) is 6.70. The molecule has 0 heterocycles. The number of aliphatic carboxylic acids is 1. The number of methoxy groups -OCH3 is 1. The molecule has 3 atom stereocenters. The Morgan fingerprint density at radius 1 is 1.03 bits per heavy atom. The number of hydrogen-bond acceptors (Lipinski definition) is 5. The molecule has 2 aliphatic carbocycles. The van der Waals surface area contributed by atoms with Crippen LogP contribution in [0.15, 0.2) is 48.5 Å². The standard InChI is InChI=1S/C26H30N2O6/c1-33-23(25(31)28-17-11-10-16(12-17)13-24(29)30)14-27-26(32)34-15-22-20-8-4-2-6-18(20)19-7-3-5-9-21(19)22/h2-9,16-17,22-23H,10-15H2,1H3,(H,27,32)(H,28,31)(H,29,30). The van der Waals surface area contributed by atoms with Gasteiger partial charge in [-0.3, -0.25) is 9.59 Å². The van der Waals surface area contributed by atoms with E-state index in [0.29, 0.717) is 6.42 Å². The molecule has 0 bridgehead atoms. The predicted molar refractivity (Wildman–Crippen MR) is 125 cm³/mol. The highest BCUT2D eigenvalue weighted by Gasteiger charge is 2.31. The molecule has 34 heavy (non-hydrogen) atoms. The van der Waals surface area contributed by atoms with E-state index < -0.39 is 18.2 Å². The molecule has 0 aromatic heterocycles. The average molecular weight is 467 g/mol.